The first kappa shape index (κ1) is 8.31. The Kier molecular flexibility index (Phi) is 2.05. The molecule has 0 bridgehead atoms. The third-order valence-corrected chi connectivity index (χ3v) is 1.94. The highest BCUT2D eigenvalue weighted by Gasteiger charge is 2.01. The molecule has 5 nitrogen and oxygen atoms in total. The van der Waals surface area contributed by atoms with Gasteiger partial charge in [-0.05, 0) is 22.0 Å². The van der Waals surface area contributed by atoms with E-state index in [2.05, 4.69) is 26.0 Å². The molecule has 0 aliphatic heterocycles. The van der Waals surface area contributed by atoms with Crippen LogP contribution in [0.5, 0.6) is 0 Å². The minimum absolute atomic E-state index is 0.280. The van der Waals surface area contributed by atoms with Gasteiger partial charge in [-0.1, -0.05) is 0 Å². The number of halogens is 1. The summed E-state index contributed by atoms with van der Waals surface area (Å²) in [5.74, 6) is 0.280. The van der Waals surface area contributed by atoms with Crippen LogP contribution in [0.15, 0.2) is 27.7 Å². The van der Waals surface area contributed by atoms with E-state index in [1.807, 2.05) is 6.07 Å². The molecule has 0 atom stereocenters. The van der Waals surface area contributed by atoms with Crippen molar-refractivity contribution >= 4 is 21.9 Å². The highest BCUT2D eigenvalue weighted by atomic mass is 79.9. The van der Waals surface area contributed by atoms with Crippen molar-refractivity contribution in [3.05, 3.63) is 28.9 Å². The highest BCUT2D eigenvalue weighted by Crippen LogP contribution is 2.14. The first-order valence-electron chi connectivity index (χ1n) is 3.62. The molecule has 2 aromatic rings. The fourth-order valence-electron chi connectivity index (χ4n) is 1.00. The Morgan fingerprint density at radius 3 is 3.00 bits per heavy atom. The first-order chi connectivity index (χ1) is 6.24. The molecule has 0 fully saturated rings. The molecule has 2 aromatic heterocycles. The Bertz CT molecular complexity index is 370. The van der Waals surface area contributed by atoms with E-state index in [9.17, 15) is 0 Å². The number of hydrogen-bond acceptors (Lipinski definition) is 4. The quantitative estimate of drug-likeness (QED) is 0.861. The summed E-state index contributed by atoms with van der Waals surface area (Å²) in [6, 6.07) is 1.87. The van der Waals surface area contributed by atoms with Gasteiger partial charge in [0.2, 0.25) is 5.95 Å². The molecule has 13 heavy (non-hydrogen) atoms. The number of nitrogens with zero attached hydrogens (tertiary/aromatic N) is 3. The van der Waals surface area contributed by atoms with E-state index >= 15 is 0 Å². The average molecular weight is 243 g/mol. The largest absolute Gasteiger partial charge is 0.457 e. The molecule has 0 radical (unpaired) electrons. The molecule has 0 aromatic carbocycles. The number of furan rings is 1. The topological polar surface area (TPSA) is 69.9 Å². The molecule has 0 saturated carbocycles. The summed E-state index contributed by atoms with van der Waals surface area (Å²) in [6.45, 7) is 0.610. The first-order valence-corrected chi connectivity index (χ1v) is 4.41. The van der Waals surface area contributed by atoms with Gasteiger partial charge in [-0.15, -0.1) is 5.10 Å². The molecule has 0 aliphatic carbocycles. The normalized spacial score (nSPS) is 10.5. The van der Waals surface area contributed by atoms with Gasteiger partial charge in [0.25, 0.3) is 0 Å². The molecule has 6 heteroatoms. The Hall–Kier alpha value is -1.30. The SMILES string of the molecule is Nc1ncn(Cc2coc(Br)c2)n1. The van der Waals surface area contributed by atoms with Gasteiger partial charge in [-0.2, -0.15) is 0 Å². The molecule has 0 unspecified atom stereocenters. The summed E-state index contributed by atoms with van der Waals surface area (Å²) in [6.07, 6.45) is 3.23. The van der Waals surface area contributed by atoms with Gasteiger partial charge < -0.3 is 10.2 Å². The molecule has 0 saturated heterocycles. The van der Waals surface area contributed by atoms with Gasteiger partial charge in [-0.25, -0.2) is 9.67 Å². The van der Waals surface area contributed by atoms with Gasteiger partial charge in [0.15, 0.2) is 4.67 Å². The zero-order valence-corrected chi connectivity index (χ0v) is 8.23. The van der Waals surface area contributed by atoms with Crippen LogP contribution < -0.4 is 5.73 Å². The van der Waals surface area contributed by atoms with Crippen molar-refractivity contribution in [3.8, 4) is 0 Å². The lowest BCUT2D eigenvalue weighted by Gasteiger charge is -1.93. The number of nitrogen functional groups attached to an aromatic ring is 1. The van der Waals surface area contributed by atoms with Crippen LogP contribution in [0.3, 0.4) is 0 Å². The second-order valence-corrected chi connectivity index (χ2v) is 3.34. The van der Waals surface area contributed by atoms with Crippen LogP contribution in [0.2, 0.25) is 0 Å². The second kappa shape index (κ2) is 3.21. The summed E-state index contributed by atoms with van der Waals surface area (Å²) in [7, 11) is 0. The summed E-state index contributed by atoms with van der Waals surface area (Å²) in [5.41, 5.74) is 6.37. The predicted molar refractivity (Wildman–Crippen MR) is 49.9 cm³/mol. The molecular formula is C7H7BrN4O. The number of rotatable bonds is 2. The average Bonchev–Trinajstić information content (AvgIpc) is 2.62. The molecule has 0 aliphatic rings. The Balaban J connectivity index is 2.14. The maximum atomic E-state index is 5.36. The van der Waals surface area contributed by atoms with Crippen molar-refractivity contribution in [1.82, 2.24) is 14.8 Å². The minimum Gasteiger partial charge on any atom is -0.457 e. The molecule has 0 amide bonds. The third-order valence-electron chi connectivity index (χ3n) is 1.52. The smallest absolute Gasteiger partial charge is 0.239 e. The lowest BCUT2D eigenvalue weighted by molar-refractivity contribution is 0.535. The van der Waals surface area contributed by atoms with Crippen molar-refractivity contribution in [2.24, 2.45) is 0 Å². The monoisotopic (exact) mass is 242 g/mol. The predicted octanol–water partition coefficient (Wildman–Crippen LogP) is 1.26. The number of nitrogens with two attached hydrogens (primary N) is 1. The van der Waals surface area contributed by atoms with E-state index in [0.717, 1.165) is 5.56 Å². The molecule has 2 N–H and O–H groups in total. The van der Waals surface area contributed by atoms with Crippen molar-refractivity contribution in [1.29, 1.82) is 0 Å². The molecule has 2 rings (SSSR count). The summed E-state index contributed by atoms with van der Waals surface area (Å²) in [4.78, 5) is 3.81. The van der Waals surface area contributed by atoms with Crippen molar-refractivity contribution < 1.29 is 4.42 Å². The summed E-state index contributed by atoms with van der Waals surface area (Å²) < 4.78 is 7.42. The number of anilines is 1. The van der Waals surface area contributed by atoms with Gasteiger partial charge in [0.05, 0.1) is 12.8 Å². The van der Waals surface area contributed by atoms with Crippen LogP contribution in [0.1, 0.15) is 5.56 Å². The van der Waals surface area contributed by atoms with E-state index in [1.54, 1.807) is 17.3 Å². The third kappa shape index (κ3) is 1.89. The molecular weight excluding hydrogens is 236 g/mol. The van der Waals surface area contributed by atoms with Gasteiger partial charge in [-0.3, -0.25) is 0 Å². The number of aromatic nitrogens is 3. The lowest BCUT2D eigenvalue weighted by Crippen LogP contribution is -1.99. The van der Waals surface area contributed by atoms with Crippen molar-refractivity contribution in [2.45, 2.75) is 6.54 Å². The molecule has 2 heterocycles. The second-order valence-electron chi connectivity index (χ2n) is 2.56. The number of hydrogen-bond donors (Lipinski definition) is 1. The maximum Gasteiger partial charge on any atom is 0.239 e. The van der Waals surface area contributed by atoms with E-state index in [4.69, 9.17) is 10.2 Å². The van der Waals surface area contributed by atoms with Gasteiger partial charge in [0.1, 0.15) is 6.33 Å². The van der Waals surface area contributed by atoms with Gasteiger partial charge >= 0.3 is 0 Å². The Morgan fingerprint density at radius 1 is 1.62 bits per heavy atom. The molecule has 68 valence electrons. The summed E-state index contributed by atoms with van der Waals surface area (Å²) >= 11 is 3.21. The van der Waals surface area contributed by atoms with Crippen LogP contribution >= 0.6 is 15.9 Å². The maximum absolute atomic E-state index is 5.36. The fraction of sp³-hybridized carbons (Fsp3) is 0.143. The van der Waals surface area contributed by atoms with Crippen LogP contribution in [-0.2, 0) is 6.54 Å². The van der Waals surface area contributed by atoms with E-state index in [0.29, 0.717) is 11.2 Å². The highest BCUT2D eigenvalue weighted by molar-refractivity contribution is 9.10. The van der Waals surface area contributed by atoms with E-state index in [1.165, 1.54) is 0 Å². The van der Waals surface area contributed by atoms with E-state index in [-0.39, 0.29) is 5.95 Å². The van der Waals surface area contributed by atoms with Crippen LogP contribution in [-0.4, -0.2) is 14.8 Å². The molecule has 0 spiro atoms. The van der Waals surface area contributed by atoms with Gasteiger partial charge in [0, 0.05) is 5.56 Å². The zero-order chi connectivity index (χ0) is 9.26. The Labute approximate surface area is 82.7 Å². The van der Waals surface area contributed by atoms with E-state index < -0.39 is 0 Å². The standard InChI is InChI=1S/C7H7BrN4O/c8-6-1-5(3-13-6)2-12-4-10-7(9)11-12/h1,3-4H,2H2,(H2,9,11). The van der Waals surface area contributed by atoms with Crippen molar-refractivity contribution in [2.75, 3.05) is 5.73 Å². The van der Waals surface area contributed by atoms with Crippen LogP contribution in [0.4, 0.5) is 5.95 Å². The van der Waals surface area contributed by atoms with Crippen LogP contribution in [0.25, 0.3) is 0 Å². The zero-order valence-electron chi connectivity index (χ0n) is 6.64. The Morgan fingerprint density at radius 2 is 2.46 bits per heavy atom. The lowest BCUT2D eigenvalue weighted by atomic mass is 10.3. The fourth-order valence-corrected chi connectivity index (χ4v) is 1.39. The van der Waals surface area contributed by atoms with Crippen molar-refractivity contribution in [3.63, 3.8) is 0 Å². The minimum atomic E-state index is 0.280. The summed E-state index contributed by atoms with van der Waals surface area (Å²) in [5, 5.41) is 3.94. The van der Waals surface area contributed by atoms with Crippen LogP contribution in [0, 0.1) is 0 Å².